The highest BCUT2D eigenvalue weighted by molar-refractivity contribution is 7.16. The predicted molar refractivity (Wildman–Crippen MR) is 62.3 cm³/mol. The van der Waals surface area contributed by atoms with Crippen molar-refractivity contribution in [2.45, 2.75) is 26.5 Å². The molecule has 0 spiro atoms. The second-order valence-corrected chi connectivity index (χ2v) is 4.82. The first-order valence-corrected chi connectivity index (χ1v) is 5.96. The Morgan fingerprint density at radius 1 is 1.67 bits per heavy atom. The van der Waals surface area contributed by atoms with E-state index in [0.717, 1.165) is 9.21 Å². The Balaban J connectivity index is 2.34. The molecular formula is C10H14ClNO2S. The predicted octanol–water partition coefficient (Wildman–Crippen LogP) is 2.44. The van der Waals surface area contributed by atoms with E-state index in [-0.39, 0.29) is 5.91 Å². The number of carbonyl (C=O) groups excluding carboxylic acids is 1. The molecule has 15 heavy (non-hydrogen) atoms. The number of rotatable bonds is 5. The fourth-order valence-corrected chi connectivity index (χ4v) is 2.12. The summed E-state index contributed by atoms with van der Waals surface area (Å²) in [5.74, 6) is -0.0960. The smallest absolute Gasteiger partial charge is 0.249 e. The van der Waals surface area contributed by atoms with Gasteiger partial charge in [-0.2, -0.15) is 0 Å². The molecule has 0 aliphatic heterocycles. The Morgan fingerprint density at radius 3 is 2.93 bits per heavy atom. The molecular weight excluding hydrogens is 234 g/mol. The van der Waals surface area contributed by atoms with Gasteiger partial charge in [-0.3, -0.25) is 4.79 Å². The zero-order chi connectivity index (χ0) is 11.3. The lowest BCUT2D eigenvalue weighted by Crippen LogP contribution is -2.33. The molecule has 0 saturated carbocycles. The molecule has 0 bridgehead atoms. The Morgan fingerprint density at radius 2 is 2.40 bits per heavy atom. The van der Waals surface area contributed by atoms with Crippen molar-refractivity contribution in [1.29, 1.82) is 0 Å². The minimum atomic E-state index is -0.398. The summed E-state index contributed by atoms with van der Waals surface area (Å²) >= 11 is 7.23. The molecule has 84 valence electrons. The molecule has 0 aliphatic carbocycles. The summed E-state index contributed by atoms with van der Waals surface area (Å²) in [6.45, 7) is 4.65. The van der Waals surface area contributed by atoms with Crippen molar-refractivity contribution in [3.63, 3.8) is 0 Å². The van der Waals surface area contributed by atoms with Gasteiger partial charge in [-0.05, 0) is 26.0 Å². The van der Waals surface area contributed by atoms with Gasteiger partial charge in [-0.15, -0.1) is 11.3 Å². The Bertz CT molecular complexity index is 327. The van der Waals surface area contributed by atoms with Crippen molar-refractivity contribution >= 4 is 28.8 Å². The molecule has 0 aliphatic rings. The van der Waals surface area contributed by atoms with Crippen molar-refractivity contribution in [1.82, 2.24) is 5.32 Å². The number of carbonyl (C=O) groups is 1. The van der Waals surface area contributed by atoms with E-state index in [9.17, 15) is 4.79 Å². The van der Waals surface area contributed by atoms with Gasteiger partial charge >= 0.3 is 0 Å². The molecule has 1 N–H and O–H groups in total. The van der Waals surface area contributed by atoms with E-state index in [2.05, 4.69) is 5.32 Å². The minimum absolute atomic E-state index is 0.0960. The van der Waals surface area contributed by atoms with E-state index in [0.29, 0.717) is 13.2 Å². The maximum atomic E-state index is 11.4. The highest BCUT2D eigenvalue weighted by Gasteiger charge is 2.11. The summed E-state index contributed by atoms with van der Waals surface area (Å²) in [6.07, 6.45) is -0.398. The van der Waals surface area contributed by atoms with Crippen LogP contribution in [0.15, 0.2) is 12.1 Å². The van der Waals surface area contributed by atoms with Crippen LogP contribution in [0.4, 0.5) is 0 Å². The number of ether oxygens (including phenoxy) is 1. The quantitative estimate of drug-likeness (QED) is 0.868. The first kappa shape index (κ1) is 12.5. The van der Waals surface area contributed by atoms with Gasteiger partial charge in [0, 0.05) is 11.5 Å². The van der Waals surface area contributed by atoms with E-state index < -0.39 is 6.10 Å². The van der Waals surface area contributed by atoms with Crippen molar-refractivity contribution in [3.8, 4) is 0 Å². The minimum Gasteiger partial charge on any atom is -0.369 e. The van der Waals surface area contributed by atoms with Crippen LogP contribution in [-0.4, -0.2) is 18.6 Å². The molecule has 1 aromatic heterocycles. The number of nitrogens with one attached hydrogen (secondary N) is 1. The number of amides is 1. The number of hydrogen-bond donors (Lipinski definition) is 1. The summed E-state index contributed by atoms with van der Waals surface area (Å²) in [7, 11) is 0. The standard InChI is InChI=1S/C10H14ClNO2S/c1-3-14-7(2)10(13)12-6-8-4-5-9(11)15-8/h4-5,7H,3,6H2,1-2H3,(H,12,13)/t7-/m0/s1. The summed E-state index contributed by atoms with van der Waals surface area (Å²) in [5.41, 5.74) is 0. The Kier molecular flexibility index (Phi) is 5.08. The van der Waals surface area contributed by atoms with Gasteiger partial charge in [-0.25, -0.2) is 0 Å². The largest absolute Gasteiger partial charge is 0.369 e. The lowest BCUT2D eigenvalue weighted by Gasteiger charge is -2.11. The van der Waals surface area contributed by atoms with E-state index in [4.69, 9.17) is 16.3 Å². The fraction of sp³-hybridized carbons (Fsp3) is 0.500. The molecule has 1 atom stereocenters. The third kappa shape index (κ3) is 4.20. The van der Waals surface area contributed by atoms with Crippen molar-refractivity contribution < 1.29 is 9.53 Å². The Labute approximate surface area is 98.4 Å². The SMILES string of the molecule is CCO[C@@H](C)C(=O)NCc1ccc(Cl)s1. The monoisotopic (exact) mass is 247 g/mol. The molecule has 3 nitrogen and oxygen atoms in total. The van der Waals surface area contributed by atoms with Crippen LogP contribution in [0.1, 0.15) is 18.7 Å². The first-order chi connectivity index (χ1) is 7.13. The molecule has 0 radical (unpaired) electrons. The van der Waals surface area contributed by atoms with Crippen molar-refractivity contribution in [3.05, 3.63) is 21.3 Å². The van der Waals surface area contributed by atoms with Gasteiger partial charge in [0.15, 0.2) is 0 Å². The molecule has 1 heterocycles. The molecule has 0 unspecified atom stereocenters. The fourth-order valence-electron chi connectivity index (χ4n) is 1.09. The summed E-state index contributed by atoms with van der Waals surface area (Å²) in [4.78, 5) is 12.5. The molecule has 0 saturated heterocycles. The first-order valence-electron chi connectivity index (χ1n) is 4.77. The summed E-state index contributed by atoms with van der Waals surface area (Å²) in [5, 5.41) is 2.78. The molecule has 0 aromatic carbocycles. The normalized spacial score (nSPS) is 12.5. The average molecular weight is 248 g/mol. The average Bonchev–Trinajstić information content (AvgIpc) is 2.61. The molecule has 0 fully saturated rings. The maximum Gasteiger partial charge on any atom is 0.249 e. The van der Waals surface area contributed by atoms with Crippen molar-refractivity contribution in [2.75, 3.05) is 6.61 Å². The van der Waals surface area contributed by atoms with Crippen molar-refractivity contribution in [2.24, 2.45) is 0 Å². The van der Waals surface area contributed by atoms with Crippen LogP contribution in [0.25, 0.3) is 0 Å². The Hall–Kier alpha value is -0.580. The topological polar surface area (TPSA) is 38.3 Å². The second kappa shape index (κ2) is 6.10. The van der Waals surface area contributed by atoms with Crippen LogP contribution in [0, 0.1) is 0 Å². The van der Waals surface area contributed by atoms with E-state index in [1.807, 2.05) is 19.1 Å². The van der Waals surface area contributed by atoms with Gasteiger partial charge in [0.2, 0.25) is 5.91 Å². The number of hydrogen-bond acceptors (Lipinski definition) is 3. The molecule has 1 rings (SSSR count). The van der Waals surface area contributed by atoms with Gasteiger partial charge < -0.3 is 10.1 Å². The highest BCUT2D eigenvalue weighted by atomic mass is 35.5. The van der Waals surface area contributed by atoms with Gasteiger partial charge in [0.25, 0.3) is 0 Å². The van der Waals surface area contributed by atoms with Crippen LogP contribution in [-0.2, 0) is 16.1 Å². The molecule has 5 heteroatoms. The number of thiophene rings is 1. The third-order valence-electron chi connectivity index (χ3n) is 1.85. The second-order valence-electron chi connectivity index (χ2n) is 3.02. The molecule has 1 aromatic rings. The molecule has 1 amide bonds. The van der Waals surface area contributed by atoms with Gasteiger partial charge in [0.05, 0.1) is 10.9 Å². The lowest BCUT2D eigenvalue weighted by molar-refractivity contribution is -0.131. The van der Waals surface area contributed by atoms with Crippen LogP contribution >= 0.6 is 22.9 Å². The zero-order valence-corrected chi connectivity index (χ0v) is 10.3. The lowest BCUT2D eigenvalue weighted by atomic mass is 10.3. The van der Waals surface area contributed by atoms with Crippen LogP contribution in [0.2, 0.25) is 4.34 Å². The van der Waals surface area contributed by atoms with Gasteiger partial charge in [-0.1, -0.05) is 11.6 Å². The summed E-state index contributed by atoms with van der Waals surface area (Å²) in [6, 6.07) is 3.72. The van der Waals surface area contributed by atoms with E-state index >= 15 is 0 Å². The van der Waals surface area contributed by atoms with Crippen LogP contribution < -0.4 is 5.32 Å². The third-order valence-corrected chi connectivity index (χ3v) is 3.08. The van der Waals surface area contributed by atoms with Crippen LogP contribution in [0.3, 0.4) is 0 Å². The van der Waals surface area contributed by atoms with Gasteiger partial charge in [0.1, 0.15) is 6.10 Å². The van der Waals surface area contributed by atoms with E-state index in [1.165, 1.54) is 11.3 Å². The highest BCUT2D eigenvalue weighted by Crippen LogP contribution is 2.20. The van der Waals surface area contributed by atoms with Crippen LogP contribution in [0.5, 0.6) is 0 Å². The summed E-state index contributed by atoms with van der Waals surface area (Å²) < 4.78 is 5.90. The maximum absolute atomic E-state index is 11.4. The zero-order valence-electron chi connectivity index (χ0n) is 8.75. The number of halogens is 1. The van der Waals surface area contributed by atoms with E-state index in [1.54, 1.807) is 6.92 Å².